The van der Waals surface area contributed by atoms with Gasteiger partial charge >= 0.3 is 12.1 Å². The van der Waals surface area contributed by atoms with Crippen LogP contribution < -0.4 is 0 Å². The second-order valence-corrected chi connectivity index (χ2v) is 15.6. The maximum atomic E-state index is 17.7. The number of hydrogen-bond acceptors (Lipinski definition) is 8. The summed E-state index contributed by atoms with van der Waals surface area (Å²) in [4.78, 5) is 39.9. The predicted octanol–water partition coefficient (Wildman–Crippen LogP) is 6.07. The van der Waals surface area contributed by atoms with Crippen molar-refractivity contribution in [1.29, 1.82) is 5.26 Å². The third-order valence-electron chi connectivity index (χ3n) is 14.0. The number of aliphatic hydroxyl groups excluding tert-OH is 1. The summed E-state index contributed by atoms with van der Waals surface area (Å²) in [7, 11) is 0. The quantitative estimate of drug-likeness (QED) is 0.378. The summed E-state index contributed by atoms with van der Waals surface area (Å²) in [6, 6.07) is 1.77. The van der Waals surface area contributed by atoms with Gasteiger partial charge in [0.15, 0.2) is 18.1 Å². The lowest BCUT2D eigenvalue weighted by Gasteiger charge is -2.62. The van der Waals surface area contributed by atoms with Crippen LogP contribution in [0.3, 0.4) is 0 Å². The number of aliphatic hydroxyl groups is 1. The molecular formula is C34H43F2NO7. The zero-order valence-corrected chi connectivity index (χ0v) is 26.4. The molecule has 0 spiro atoms. The molecule has 0 amide bonds. The summed E-state index contributed by atoms with van der Waals surface area (Å²) in [5.74, 6) is -4.06. The van der Waals surface area contributed by atoms with E-state index in [1.165, 1.54) is 19.1 Å². The average molecular weight is 616 g/mol. The highest BCUT2D eigenvalue weighted by molar-refractivity contribution is 5.93. The zero-order valence-electron chi connectivity index (χ0n) is 26.4. The maximum Gasteiger partial charge on any atom is 0.509 e. The van der Waals surface area contributed by atoms with Crippen LogP contribution in [-0.2, 0) is 23.8 Å². The molecule has 2 bridgehead atoms. The largest absolute Gasteiger partial charge is 0.509 e. The van der Waals surface area contributed by atoms with Crippen molar-refractivity contribution in [1.82, 2.24) is 0 Å². The van der Waals surface area contributed by atoms with Crippen molar-refractivity contribution < 1.29 is 42.5 Å². The van der Waals surface area contributed by atoms with Gasteiger partial charge in [-0.05, 0) is 67.9 Å². The molecule has 0 heterocycles. The predicted molar refractivity (Wildman–Crippen MR) is 153 cm³/mol. The Morgan fingerprint density at radius 1 is 1.14 bits per heavy atom. The molecule has 10 heteroatoms. The molecule has 0 aromatic carbocycles. The molecule has 8 nitrogen and oxygen atoms in total. The standard InChI is InChI=1S/C34H43F2NO7/c1-18-13-21-22-16-24(35)23-15-20(38)8-10-30(23,4)33(22,36)25(39)17-32(21,6)34(18,27(40)42-12-11-37)44-28(41)43-26-14-19-7-9-31(26,5)29(19,2)3/h8,10,18-19,21-22,25-26,39H,7,9,12-17H2,1-6H3/t18-,19+,21+,22+,25+,26-,30+,31-,32+,33+,34+/m1/s1. The third-order valence-corrected chi connectivity index (χ3v) is 14.0. The van der Waals surface area contributed by atoms with Gasteiger partial charge in [0.1, 0.15) is 18.0 Å². The van der Waals surface area contributed by atoms with E-state index in [2.05, 4.69) is 20.8 Å². The number of hydrogen-bond donors (Lipinski definition) is 1. The lowest BCUT2D eigenvalue weighted by molar-refractivity contribution is -0.229. The van der Waals surface area contributed by atoms with E-state index in [-0.39, 0.29) is 47.9 Å². The van der Waals surface area contributed by atoms with E-state index in [1.807, 2.05) is 0 Å². The van der Waals surface area contributed by atoms with Crippen molar-refractivity contribution in [2.24, 2.45) is 45.3 Å². The molecule has 4 saturated carbocycles. The van der Waals surface area contributed by atoms with Gasteiger partial charge in [-0.25, -0.2) is 18.4 Å². The van der Waals surface area contributed by atoms with Gasteiger partial charge in [0.2, 0.25) is 5.60 Å². The van der Waals surface area contributed by atoms with Crippen molar-refractivity contribution >= 4 is 17.9 Å². The molecule has 6 aliphatic rings. The van der Waals surface area contributed by atoms with Crippen LogP contribution in [0, 0.1) is 56.7 Å². The number of alkyl halides is 1. The van der Waals surface area contributed by atoms with Crippen LogP contribution >= 0.6 is 0 Å². The van der Waals surface area contributed by atoms with Gasteiger partial charge in [0.25, 0.3) is 0 Å². The molecule has 44 heavy (non-hydrogen) atoms. The van der Waals surface area contributed by atoms with Crippen LogP contribution in [-0.4, -0.2) is 53.1 Å². The molecule has 6 rings (SSSR count). The summed E-state index contributed by atoms with van der Waals surface area (Å²) in [5, 5.41) is 20.9. The number of ether oxygens (including phenoxy) is 3. The first-order valence-corrected chi connectivity index (χ1v) is 15.8. The van der Waals surface area contributed by atoms with Crippen molar-refractivity contribution in [3.05, 3.63) is 23.6 Å². The minimum atomic E-state index is -2.35. The highest BCUT2D eigenvalue weighted by Crippen LogP contribution is 2.72. The van der Waals surface area contributed by atoms with Crippen LogP contribution in [0.4, 0.5) is 13.6 Å². The summed E-state index contributed by atoms with van der Waals surface area (Å²) < 4.78 is 50.9. The Balaban J connectivity index is 1.39. The Bertz CT molecular complexity index is 1420. The van der Waals surface area contributed by atoms with Gasteiger partial charge in [-0.15, -0.1) is 0 Å². The number of nitrogens with zero attached hydrogens (tertiary/aromatic N) is 1. The first-order valence-electron chi connectivity index (χ1n) is 15.8. The van der Waals surface area contributed by atoms with Gasteiger partial charge in [-0.3, -0.25) is 4.79 Å². The molecule has 240 valence electrons. The van der Waals surface area contributed by atoms with Crippen LogP contribution in [0.25, 0.3) is 0 Å². The fraction of sp³-hybridized carbons (Fsp3) is 0.765. The van der Waals surface area contributed by atoms with Gasteiger partial charge in [-0.1, -0.05) is 40.7 Å². The number of rotatable bonds is 4. The van der Waals surface area contributed by atoms with Gasteiger partial charge < -0.3 is 19.3 Å². The SMILES string of the molecule is C[C@@H]1C[C@H]2[C@@H]3CC(F)=C4CC(=O)C=C[C@]4(C)[C@@]3(F)[C@@H](O)C[C@]2(C)[C@@]1(OC(=O)O[C@@H]1C[C@@H]2CC[C@@]1(C)C2(C)C)C(=O)OCC#N. The summed E-state index contributed by atoms with van der Waals surface area (Å²) in [6.45, 7) is 10.7. The van der Waals surface area contributed by atoms with E-state index < -0.39 is 76.6 Å². The Hall–Kier alpha value is -2.80. The molecule has 0 unspecified atom stereocenters. The first-order chi connectivity index (χ1) is 20.4. The van der Waals surface area contributed by atoms with E-state index >= 15 is 8.78 Å². The number of esters is 1. The number of fused-ring (bicyclic) bond motifs is 7. The van der Waals surface area contributed by atoms with Crippen molar-refractivity contribution in [2.45, 2.75) is 110 Å². The normalized spacial score (nSPS) is 48.2. The summed E-state index contributed by atoms with van der Waals surface area (Å²) in [6.07, 6.45) is 1.29. The molecule has 1 N–H and O–H groups in total. The van der Waals surface area contributed by atoms with E-state index in [4.69, 9.17) is 14.2 Å². The minimum absolute atomic E-state index is 0.0410. The van der Waals surface area contributed by atoms with Gasteiger partial charge in [0, 0.05) is 40.9 Å². The molecule has 4 fully saturated rings. The second kappa shape index (κ2) is 9.60. The van der Waals surface area contributed by atoms with Gasteiger partial charge in [0.05, 0.1) is 6.10 Å². The lowest BCUT2D eigenvalue weighted by Crippen LogP contribution is -2.70. The van der Waals surface area contributed by atoms with Crippen LogP contribution in [0.15, 0.2) is 23.6 Å². The molecule has 0 aliphatic heterocycles. The topological polar surface area (TPSA) is 123 Å². The van der Waals surface area contributed by atoms with Gasteiger partial charge in [-0.2, -0.15) is 5.26 Å². The molecule has 6 aliphatic carbocycles. The number of carbonyl (C=O) groups is 3. The van der Waals surface area contributed by atoms with E-state index in [1.54, 1.807) is 19.9 Å². The zero-order chi connectivity index (χ0) is 32.3. The number of nitriles is 1. The first kappa shape index (κ1) is 31.2. The monoisotopic (exact) mass is 615 g/mol. The Morgan fingerprint density at radius 2 is 1.84 bits per heavy atom. The van der Waals surface area contributed by atoms with Crippen LogP contribution in [0.5, 0.6) is 0 Å². The molecule has 11 atom stereocenters. The Morgan fingerprint density at radius 3 is 2.45 bits per heavy atom. The Kier molecular flexibility index (Phi) is 6.81. The van der Waals surface area contributed by atoms with Crippen LogP contribution in [0.1, 0.15) is 86.5 Å². The summed E-state index contributed by atoms with van der Waals surface area (Å²) >= 11 is 0. The average Bonchev–Trinajstić information content (AvgIpc) is 3.39. The van der Waals surface area contributed by atoms with E-state index in [9.17, 15) is 24.8 Å². The Labute approximate surface area is 257 Å². The van der Waals surface area contributed by atoms with E-state index in [0.29, 0.717) is 12.3 Å². The number of halogens is 2. The molecule has 0 radical (unpaired) electrons. The molecule has 0 saturated heterocycles. The fourth-order valence-electron chi connectivity index (χ4n) is 11.0. The van der Waals surface area contributed by atoms with E-state index in [0.717, 1.165) is 12.8 Å². The maximum absolute atomic E-state index is 17.7. The highest BCUT2D eigenvalue weighted by atomic mass is 19.1. The highest BCUT2D eigenvalue weighted by Gasteiger charge is 2.78. The fourth-order valence-corrected chi connectivity index (χ4v) is 11.0. The third kappa shape index (κ3) is 3.59. The smallest absolute Gasteiger partial charge is 0.447 e. The molecule has 0 aromatic rings. The van der Waals surface area contributed by atoms with Crippen LogP contribution in [0.2, 0.25) is 0 Å². The summed E-state index contributed by atoms with van der Waals surface area (Å²) in [5.41, 5.74) is -7.63. The molecular weight excluding hydrogens is 572 g/mol. The second-order valence-electron chi connectivity index (χ2n) is 15.6. The number of ketones is 1. The minimum Gasteiger partial charge on any atom is -0.447 e. The van der Waals surface area contributed by atoms with Crippen molar-refractivity contribution in [3.63, 3.8) is 0 Å². The van der Waals surface area contributed by atoms with Crippen molar-refractivity contribution in [2.75, 3.05) is 6.61 Å². The molecule has 0 aromatic heterocycles. The van der Waals surface area contributed by atoms with Crippen molar-refractivity contribution in [3.8, 4) is 6.07 Å². The number of carbonyl (C=O) groups excluding carboxylic acids is 3. The lowest BCUT2D eigenvalue weighted by atomic mass is 9.45. The number of allylic oxidation sites excluding steroid dienone is 4.